The van der Waals surface area contributed by atoms with E-state index in [4.69, 9.17) is 28.9 Å². The van der Waals surface area contributed by atoms with Crippen molar-refractivity contribution in [2.75, 3.05) is 5.73 Å². The van der Waals surface area contributed by atoms with E-state index in [1.165, 1.54) is 12.3 Å². The average Bonchev–Trinajstić information content (AvgIpc) is 2.32. The minimum absolute atomic E-state index is 0.138. The molecular formula is C12H8Cl2N2O. The van der Waals surface area contributed by atoms with Gasteiger partial charge in [-0.2, -0.15) is 0 Å². The largest absolute Gasteiger partial charge is 0.383 e. The topological polar surface area (TPSA) is 56.0 Å². The molecule has 0 fully saturated rings. The van der Waals surface area contributed by atoms with E-state index in [-0.39, 0.29) is 17.2 Å². The molecule has 86 valence electrons. The van der Waals surface area contributed by atoms with Crippen LogP contribution in [0.25, 0.3) is 0 Å². The lowest BCUT2D eigenvalue weighted by Crippen LogP contribution is -2.07. The number of carbonyl (C=O) groups is 1. The minimum atomic E-state index is -0.289. The number of nitrogens with two attached hydrogens (primary N) is 1. The molecule has 0 spiro atoms. The molecule has 0 aliphatic heterocycles. The number of rotatable bonds is 2. The quantitative estimate of drug-likeness (QED) is 0.850. The molecule has 0 atom stereocenters. The third-order valence-electron chi connectivity index (χ3n) is 2.25. The zero-order chi connectivity index (χ0) is 12.4. The van der Waals surface area contributed by atoms with Crippen molar-refractivity contribution in [3.63, 3.8) is 0 Å². The fourth-order valence-corrected chi connectivity index (χ4v) is 1.80. The van der Waals surface area contributed by atoms with Gasteiger partial charge < -0.3 is 5.73 Å². The van der Waals surface area contributed by atoms with Crippen LogP contribution in [-0.4, -0.2) is 10.8 Å². The number of nitrogen functional groups attached to an aromatic ring is 1. The van der Waals surface area contributed by atoms with Crippen LogP contribution in [0, 0.1) is 0 Å². The Bertz CT molecular complexity index is 584. The summed E-state index contributed by atoms with van der Waals surface area (Å²) in [6.45, 7) is 0. The van der Waals surface area contributed by atoms with E-state index in [9.17, 15) is 4.79 Å². The molecule has 0 aliphatic rings. The summed E-state index contributed by atoms with van der Waals surface area (Å²) in [7, 11) is 0. The molecule has 1 heterocycles. The summed E-state index contributed by atoms with van der Waals surface area (Å²) in [5.41, 5.74) is 6.28. The second kappa shape index (κ2) is 4.73. The van der Waals surface area contributed by atoms with Gasteiger partial charge in [-0.25, -0.2) is 4.98 Å². The highest BCUT2D eigenvalue weighted by Crippen LogP contribution is 2.23. The number of aromatic nitrogens is 1. The standard InChI is InChI=1S/C12H8Cl2N2O/c13-7-5-9(12(15)16-6-7)11(17)8-3-1-2-4-10(8)14/h1-6H,(H2,15,16). The molecule has 0 amide bonds. The Balaban J connectivity index is 2.51. The molecule has 1 aromatic heterocycles. The average molecular weight is 267 g/mol. The highest BCUT2D eigenvalue weighted by Gasteiger charge is 2.16. The molecule has 0 bridgehead atoms. The molecule has 0 saturated carbocycles. The van der Waals surface area contributed by atoms with Crippen molar-refractivity contribution < 1.29 is 4.79 Å². The molecule has 0 radical (unpaired) electrons. The van der Waals surface area contributed by atoms with E-state index in [0.717, 1.165) is 0 Å². The van der Waals surface area contributed by atoms with Gasteiger partial charge in [0.2, 0.25) is 0 Å². The number of hydrogen-bond acceptors (Lipinski definition) is 3. The Kier molecular flexibility index (Phi) is 3.31. The number of benzene rings is 1. The number of nitrogens with zero attached hydrogens (tertiary/aromatic N) is 1. The second-order valence-corrected chi connectivity index (χ2v) is 4.24. The van der Waals surface area contributed by atoms with Crippen molar-refractivity contribution in [2.45, 2.75) is 0 Å². The van der Waals surface area contributed by atoms with E-state index < -0.39 is 0 Å². The number of pyridine rings is 1. The van der Waals surface area contributed by atoms with E-state index in [1.54, 1.807) is 24.3 Å². The van der Waals surface area contributed by atoms with Crippen molar-refractivity contribution in [3.8, 4) is 0 Å². The predicted molar refractivity (Wildman–Crippen MR) is 68.5 cm³/mol. The maximum Gasteiger partial charge on any atom is 0.198 e. The second-order valence-electron chi connectivity index (χ2n) is 3.40. The van der Waals surface area contributed by atoms with Gasteiger partial charge in [0, 0.05) is 11.8 Å². The summed E-state index contributed by atoms with van der Waals surface area (Å²) in [6, 6.07) is 8.23. The lowest BCUT2D eigenvalue weighted by atomic mass is 10.0. The number of carbonyl (C=O) groups excluding carboxylic acids is 1. The first-order valence-corrected chi connectivity index (χ1v) is 5.55. The molecule has 17 heavy (non-hydrogen) atoms. The van der Waals surface area contributed by atoms with Crippen LogP contribution in [0.5, 0.6) is 0 Å². The van der Waals surface area contributed by atoms with Crippen LogP contribution in [0.15, 0.2) is 36.5 Å². The Morgan fingerprint density at radius 3 is 2.59 bits per heavy atom. The fourth-order valence-electron chi connectivity index (χ4n) is 1.42. The first-order valence-electron chi connectivity index (χ1n) is 4.80. The third-order valence-corrected chi connectivity index (χ3v) is 2.78. The SMILES string of the molecule is Nc1ncc(Cl)cc1C(=O)c1ccccc1Cl. The molecule has 0 aliphatic carbocycles. The lowest BCUT2D eigenvalue weighted by molar-refractivity contribution is 0.103. The predicted octanol–water partition coefficient (Wildman–Crippen LogP) is 3.20. The summed E-state index contributed by atoms with van der Waals surface area (Å²) >= 11 is 11.7. The molecular weight excluding hydrogens is 259 g/mol. The fraction of sp³-hybridized carbons (Fsp3) is 0. The van der Waals surface area contributed by atoms with Gasteiger partial charge in [0.05, 0.1) is 15.6 Å². The van der Waals surface area contributed by atoms with Gasteiger partial charge in [-0.05, 0) is 18.2 Å². The first kappa shape index (κ1) is 11.9. The molecule has 5 heteroatoms. The van der Waals surface area contributed by atoms with E-state index in [2.05, 4.69) is 4.98 Å². The van der Waals surface area contributed by atoms with Gasteiger partial charge in [0.1, 0.15) is 5.82 Å². The normalized spacial score (nSPS) is 10.2. The van der Waals surface area contributed by atoms with Crippen molar-refractivity contribution in [1.29, 1.82) is 0 Å². The number of anilines is 1. The van der Waals surface area contributed by atoms with Crippen LogP contribution < -0.4 is 5.73 Å². The highest BCUT2D eigenvalue weighted by atomic mass is 35.5. The molecule has 2 rings (SSSR count). The smallest absolute Gasteiger partial charge is 0.198 e. The summed E-state index contributed by atoms with van der Waals surface area (Å²) in [5, 5.41) is 0.728. The molecule has 0 unspecified atom stereocenters. The van der Waals surface area contributed by atoms with E-state index in [0.29, 0.717) is 15.6 Å². The summed E-state index contributed by atoms with van der Waals surface area (Å²) < 4.78 is 0. The van der Waals surface area contributed by atoms with Gasteiger partial charge in [-0.1, -0.05) is 35.3 Å². The van der Waals surface area contributed by atoms with Crippen LogP contribution in [0.4, 0.5) is 5.82 Å². The van der Waals surface area contributed by atoms with Gasteiger partial charge >= 0.3 is 0 Å². The Labute approximate surface area is 108 Å². The van der Waals surface area contributed by atoms with Gasteiger partial charge in [-0.3, -0.25) is 4.79 Å². The Morgan fingerprint density at radius 2 is 1.88 bits per heavy atom. The van der Waals surface area contributed by atoms with Crippen molar-refractivity contribution >= 4 is 34.8 Å². The number of halogens is 2. The number of hydrogen-bond donors (Lipinski definition) is 1. The van der Waals surface area contributed by atoms with Crippen LogP contribution in [0.3, 0.4) is 0 Å². The van der Waals surface area contributed by atoms with Crippen LogP contribution in [-0.2, 0) is 0 Å². The highest BCUT2D eigenvalue weighted by molar-refractivity contribution is 6.35. The van der Waals surface area contributed by atoms with Crippen LogP contribution in [0.2, 0.25) is 10.0 Å². The molecule has 3 nitrogen and oxygen atoms in total. The van der Waals surface area contributed by atoms with Crippen molar-refractivity contribution in [2.24, 2.45) is 0 Å². The van der Waals surface area contributed by atoms with Gasteiger partial charge in [0.25, 0.3) is 0 Å². The van der Waals surface area contributed by atoms with E-state index in [1.807, 2.05) is 0 Å². The van der Waals surface area contributed by atoms with Gasteiger partial charge in [0.15, 0.2) is 5.78 Å². The van der Waals surface area contributed by atoms with Crippen LogP contribution in [0.1, 0.15) is 15.9 Å². The van der Waals surface area contributed by atoms with E-state index >= 15 is 0 Å². The van der Waals surface area contributed by atoms with Crippen LogP contribution >= 0.6 is 23.2 Å². The zero-order valence-corrected chi connectivity index (χ0v) is 10.2. The summed E-state index contributed by atoms with van der Waals surface area (Å²) in [5.74, 6) is -0.151. The Morgan fingerprint density at radius 1 is 1.18 bits per heavy atom. The van der Waals surface area contributed by atoms with Crippen molar-refractivity contribution in [3.05, 3.63) is 57.7 Å². The monoisotopic (exact) mass is 266 g/mol. The maximum absolute atomic E-state index is 12.2. The molecule has 1 aromatic carbocycles. The maximum atomic E-state index is 12.2. The molecule has 0 saturated heterocycles. The van der Waals surface area contributed by atoms with Crippen molar-refractivity contribution in [1.82, 2.24) is 4.98 Å². The first-order chi connectivity index (χ1) is 8.09. The van der Waals surface area contributed by atoms with Gasteiger partial charge in [-0.15, -0.1) is 0 Å². The Hall–Kier alpha value is -1.58. The summed E-state index contributed by atoms with van der Waals surface area (Å²) in [6.07, 6.45) is 1.39. The number of ketones is 1. The minimum Gasteiger partial charge on any atom is -0.383 e. The lowest BCUT2D eigenvalue weighted by Gasteiger charge is -2.05. The third kappa shape index (κ3) is 2.40. The molecule has 2 N–H and O–H groups in total. The zero-order valence-electron chi connectivity index (χ0n) is 8.65. The molecule has 2 aromatic rings. The summed E-state index contributed by atoms with van der Waals surface area (Å²) in [4.78, 5) is 16.0.